The van der Waals surface area contributed by atoms with Gasteiger partial charge in [0.2, 0.25) is 5.13 Å². The van der Waals surface area contributed by atoms with Crippen LogP contribution >= 0.6 is 23.2 Å². The third-order valence-corrected chi connectivity index (χ3v) is 1.86. The lowest BCUT2D eigenvalue weighted by molar-refractivity contribution is -0.144. The van der Waals surface area contributed by atoms with E-state index in [1.807, 2.05) is 0 Å². The van der Waals surface area contributed by atoms with Crippen LogP contribution in [0.15, 0.2) is 0 Å². The highest BCUT2D eigenvalue weighted by molar-refractivity contribution is 6.37. The van der Waals surface area contributed by atoms with Crippen molar-refractivity contribution in [3.8, 4) is 0 Å². The average Bonchev–Trinajstić information content (AvgIpc) is 1.85. The first-order valence-electron chi connectivity index (χ1n) is 3.08. The zero-order valence-corrected chi connectivity index (χ0v) is 7.75. The first-order chi connectivity index (χ1) is 4.89. The molecule has 66 valence electrons. The second-order valence-electron chi connectivity index (χ2n) is 2.07. The number of esters is 1. The summed E-state index contributed by atoms with van der Waals surface area (Å²) in [6.45, 7) is 2.77. The molecule has 11 heavy (non-hydrogen) atoms. The Morgan fingerprint density at radius 2 is 2.27 bits per heavy atom. The molecule has 0 spiro atoms. The Kier molecular flexibility index (Phi) is 4.11. The zero-order valence-electron chi connectivity index (χ0n) is 6.23. The molecule has 0 saturated carbocycles. The minimum absolute atomic E-state index is 0.162. The molecule has 0 radical (unpaired) electrons. The van der Waals surface area contributed by atoms with Crippen molar-refractivity contribution in [1.82, 2.24) is 0 Å². The van der Waals surface area contributed by atoms with E-state index >= 15 is 0 Å². The molecule has 0 aromatic carbocycles. The smallest absolute Gasteiger partial charge is 0.328 e. The summed E-state index contributed by atoms with van der Waals surface area (Å²) < 4.78 is 17.1. The molecule has 2 nitrogen and oxygen atoms in total. The number of hydrogen-bond acceptors (Lipinski definition) is 2. The Balaban J connectivity index is 4.03. The molecule has 0 aliphatic rings. The number of rotatable bonds is 3. The van der Waals surface area contributed by atoms with Gasteiger partial charge >= 0.3 is 5.97 Å². The monoisotopic (exact) mass is 202 g/mol. The van der Waals surface area contributed by atoms with E-state index in [0.717, 1.165) is 6.92 Å². The van der Waals surface area contributed by atoms with Crippen LogP contribution in [-0.4, -0.2) is 23.1 Å². The quantitative estimate of drug-likeness (QED) is 0.518. The molecule has 0 aliphatic heterocycles. The van der Waals surface area contributed by atoms with Gasteiger partial charge in [0.15, 0.2) is 5.38 Å². The molecular weight excluding hydrogens is 194 g/mol. The number of alkyl halides is 3. The van der Waals surface area contributed by atoms with Crippen molar-refractivity contribution in [2.24, 2.45) is 0 Å². The van der Waals surface area contributed by atoms with Gasteiger partial charge in [-0.15, -0.1) is 11.6 Å². The number of halogens is 3. The van der Waals surface area contributed by atoms with Gasteiger partial charge in [-0.05, 0) is 13.8 Å². The summed E-state index contributed by atoms with van der Waals surface area (Å²) in [5.74, 6) is -0.839. The second-order valence-corrected chi connectivity index (χ2v) is 3.25. The minimum atomic E-state index is -2.26. The van der Waals surface area contributed by atoms with Crippen LogP contribution in [-0.2, 0) is 9.53 Å². The molecule has 0 heterocycles. The maximum absolute atomic E-state index is 12.7. The molecule has 0 bridgehead atoms. The predicted octanol–water partition coefficient (Wildman–Crippen LogP) is 2.08. The maximum atomic E-state index is 12.7. The molecule has 0 aromatic heterocycles. The fraction of sp³-hybridized carbons (Fsp3) is 0.833. The summed E-state index contributed by atoms with van der Waals surface area (Å²) in [5, 5.41) is -3.71. The highest BCUT2D eigenvalue weighted by Crippen LogP contribution is 2.26. The highest BCUT2D eigenvalue weighted by Gasteiger charge is 2.37. The van der Waals surface area contributed by atoms with Gasteiger partial charge in [-0.3, -0.25) is 4.79 Å². The van der Waals surface area contributed by atoms with Crippen LogP contribution in [0.1, 0.15) is 13.8 Å². The van der Waals surface area contributed by atoms with Crippen molar-refractivity contribution >= 4 is 29.2 Å². The van der Waals surface area contributed by atoms with Gasteiger partial charge in [0.25, 0.3) is 0 Å². The van der Waals surface area contributed by atoms with Crippen molar-refractivity contribution in [2.75, 3.05) is 6.61 Å². The van der Waals surface area contributed by atoms with E-state index in [0.29, 0.717) is 0 Å². The van der Waals surface area contributed by atoms with Crippen molar-refractivity contribution in [3.05, 3.63) is 0 Å². The Morgan fingerprint density at radius 1 is 1.82 bits per heavy atom. The molecule has 0 fully saturated rings. The van der Waals surface area contributed by atoms with Gasteiger partial charge in [0, 0.05) is 0 Å². The third kappa shape index (κ3) is 3.77. The molecule has 0 aliphatic carbocycles. The number of carbonyl (C=O) groups is 1. The molecule has 0 rings (SSSR count). The van der Waals surface area contributed by atoms with Gasteiger partial charge in [0.05, 0.1) is 6.61 Å². The topological polar surface area (TPSA) is 26.3 Å². The molecular formula is C6H9Cl2FO2. The van der Waals surface area contributed by atoms with Gasteiger partial charge < -0.3 is 4.74 Å². The molecule has 5 heteroatoms. The van der Waals surface area contributed by atoms with Crippen molar-refractivity contribution in [1.29, 1.82) is 0 Å². The van der Waals surface area contributed by atoms with Crippen LogP contribution < -0.4 is 0 Å². The summed E-state index contributed by atoms with van der Waals surface area (Å²) in [6.07, 6.45) is 0. The Hall–Kier alpha value is -0.0200. The number of hydrogen-bond donors (Lipinski definition) is 0. The lowest BCUT2D eigenvalue weighted by Crippen LogP contribution is -2.33. The lowest BCUT2D eigenvalue weighted by Gasteiger charge is -2.16. The zero-order chi connectivity index (χ0) is 9.07. The van der Waals surface area contributed by atoms with E-state index in [-0.39, 0.29) is 6.61 Å². The van der Waals surface area contributed by atoms with Crippen LogP contribution in [0, 0.1) is 0 Å². The number of ether oxygens (including phenoxy) is 1. The van der Waals surface area contributed by atoms with E-state index in [1.165, 1.54) is 0 Å². The predicted molar refractivity (Wildman–Crippen MR) is 41.6 cm³/mol. The van der Waals surface area contributed by atoms with Crippen LogP contribution in [0.4, 0.5) is 4.39 Å². The molecule has 0 amide bonds. The van der Waals surface area contributed by atoms with Crippen LogP contribution in [0.3, 0.4) is 0 Å². The Bertz CT molecular complexity index is 144. The SMILES string of the molecule is CCOC(=O)[C@@H](Cl)[C@@](C)(F)Cl. The van der Waals surface area contributed by atoms with Gasteiger partial charge in [-0.1, -0.05) is 11.6 Å². The highest BCUT2D eigenvalue weighted by atomic mass is 35.5. The summed E-state index contributed by atoms with van der Waals surface area (Å²) in [5.41, 5.74) is 0. The van der Waals surface area contributed by atoms with Crippen molar-refractivity contribution in [3.63, 3.8) is 0 Å². The summed E-state index contributed by atoms with van der Waals surface area (Å²) >= 11 is 10.4. The molecule has 2 atom stereocenters. The normalized spacial score (nSPS) is 18.6. The molecule has 0 N–H and O–H groups in total. The molecule has 0 saturated heterocycles. The second kappa shape index (κ2) is 4.12. The molecule has 0 aromatic rings. The first kappa shape index (κ1) is 11.0. The van der Waals surface area contributed by atoms with Gasteiger partial charge in [-0.25, -0.2) is 4.39 Å². The fourth-order valence-corrected chi connectivity index (χ4v) is 0.574. The number of carbonyl (C=O) groups excluding carboxylic acids is 1. The molecule has 0 unspecified atom stereocenters. The Labute approximate surface area is 74.6 Å². The van der Waals surface area contributed by atoms with E-state index < -0.39 is 16.5 Å². The standard InChI is InChI=1S/C6H9Cl2FO2/c1-3-11-5(10)4(7)6(2,8)9/h4H,3H2,1-2H3/t4-,6-/m1/s1. The Morgan fingerprint density at radius 3 is 2.55 bits per heavy atom. The third-order valence-electron chi connectivity index (χ3n) is 0.939. The first-order valence-corrected chi connectivity index (χ1v) is 3.89. The van der Waals surface area contributed by atoms with E-state index in [2.05, 4.69) is 4.74 Å². The summed E-state index contributed by atoms with van der Waals surface area (Å²) in [4.78, 5) is 10.7. The fourth-order valence-electron chi connectivity index (χ4n) is 0.422. The van der Waals surface area contributed by atoms with E-state index in [1.54, 1.807) is 6.92 Å². The average molecular weight is 203 g/mol. The van der Waals surface area contributed by atoms with Crippen LogP contribution in [0.25, 0.3) is 0 Å². The summed E-state index contributed by atoms with van der Waals surface area (Å²) in [6, 6.07) is 0. The lowest BCUT2D eigenvalue weighted by atomic mass is 10.3. The van der Waals surface area contributed by atoms with Crippen LogP contribution in [0.2, 0.25) is 0 Å². The van der Waals surface area contributed by atoms with Crippen molar-refractivity contribution < 1.29 is 13.9 Å². The van der Waals surface area contributed by atoms with Crippen LogP contribution in [0.5, 0.6) is 0 Å². The summed E-state index contributed by atoms with van der Waals surface area (Å²) in [7, 11) is 0. The largest absolute Gasteiger partial charge is 0.465 e. The van der Waals surface area contributed by atoms with Gasteiger partial charge in [-0.2, -0.15) is 0 Å². The van der Waals surface area contributed by atoms with Gasteiger partial charge in [0.1, 0.15) is 0 Å². The minimum Gasteiger partial charge on any atom is -0.465 e. The van der Waals surface area contributed by atoms with E-state index in [4.69, 9.17) is 23.2 Å². The van der Waals surface area contributed by atoms with Crippen molar-refractivity contribution in [2.45, 2.75) is 24.4 Å². The maximum Gasteiger partial charge on any atom is 0.328 e. The van der Waals surface area contributed by atoms with E-state index in [9.17, 15) is 9.18 Å².